The van der Waals surface area contributed by atoms with Gasteiger partial charge < -0.3 is 0 Å². The molecule has 0 aromatic heterocycles. The molecule has 0 aliphatic rings. The summed E-state index contributed by atoms with van der Waals surface area (Å²) in [5, 5.41) is 0. The molecule has 0 aliphatic heterocycles. The van der Waals surface area contributed by atoms with E-state index in [1.807, 2.05) is 0 Å². The van der Waals surface area contributed by atoms with Crippen molar-refractivity contribution in [3.63, 3.8) is 0 Å². The van der Waals surface area contributed by atoms with Crippen molar-refractivity contribution >= 4 is 38.5 Å². The molecule has 1 unspecified atom stereocenters. The molecule has 0 aromatic rings. The van der Waals surface area contributed by atoms with Gasteiger partial charge in [-0.15, -0.1) is 0 Å². The Hall–Kier alpha value is -0.0305. The van der Waals surface area contributed by atoms with E-state index in [1.165, 1.54) is 14.0 Å². The third kappa shape index (κ3) is 4.77. The minimum absolute atomic E-state index is 0.0400. The maximum atomic E-state index is 10.9. The first kappa shape index (κ1) is 12.0. The molecule has 6 heteroatoms. The van der Waals surface area contributed by atoms with Gasteiger partial charge in [0.25, 0.3) is 0 Å². The molecule has 0 spiro atoms. The van der Waals surface area contributed by atoms with Gasteiger partial charge in [-0.2, -0.15) is 0 Å². The molecule has 4 nitrogen and oxygen atoms in total. The summed E-state index contributed by atoms with van der Waals surface area (Å²) in [6.45, 7) is 1.47. The zero-order valence-electron chi connectivity index (χ0n) is 6.86. The van der Waals surface area contributed by atoms with Crippen LogP contribution in [-0.4, -0.2) is 44.7 Å². The number of thiol groups is 1. The van der Waals surface area contributed by atoms with Crippen LogP contribution in [0, 0.1) is 0 Å². The standard InChI is InChI=1S/C6H11NO3SSe/c1-4(8)12-7-5(3-11)6(9)10-2/h5,7,11H,3H2,1-2H3. The molecule has 0 bridgehead atoms. The molecular formula is C6H11NO3SSe. The van der Waals surface area contributed by atoms with Gasteiger partial charge in [0, 0.05) is 0 Å². The summed E-state index contributed by atoms with van der Waals surface area (Å²) in [6.07, 6.45) is 0. The van der Waals surface area contributed by atoms with E-state index in [1.54, 1.807) is 0 Å². The monoisotopic (exact) mass is 257 g/mol. The Morgan fingerprint density at radius 2 is 2.25 bits per heavy atom. The SMILES string of the molecule is COC(=O)C(CS)N[Se]C(C)=O. The molecule has 12 heavy (non-hydrogen) atoms. The summed E-state index contributed by atoms with van der Waals surface area (Å²) in [4.78, 5) is 21.5. The fourth-order valence-corrected chi connectivity index (χ4v) is 2.00. The number of carbonyl (C=O) groups excluding carboxylic acids is 2. The molecule has 0 rings (SSSR count). The van der Waals surface area contributed by atoms with E-state index < -0.39 is 6.04 Å². The molecule has 0 fully saturated rings. The van der Waals surface area contributed by atoms with Gasteiger partial charge in [0.15, 0.2) is 0 Å². The number of ether oxygens (including phenoxy) is 1. The van der Waals surface area contributed by atoms with Crippen LogP contribution in [0.15, 0.2) is 0 Å². The molecule has 1 atom stereocenters. The van der Waals surface area contributed by atoms with Crippen molar-refractivity contribution < 1.29 is 14.3 Å². The third-order valence-electron chi connectivity index (χ3n) is 1.01. The molecule has 1 N–H and O–H groups in total. The molecular weight excluding hydrogens is 245 g/mol. The van der Waals surface area contributed by atoms with E-state index in [9.17, 15) is 9.59 Å². The van der Waals surface area contributed by atoms with Crippen molar-refractivity contribution in [1.82, 2.24) is 4.33 Å². The Labute approximate surface area is 83.2 Å². The van der Waals surface area contributed by atoms with Crippen LogP contribution < -0.4 is 4.33 Å². The van der Waals surface area contributed by atoms with Crippen LogP contribution in [0.1, 0.15) is 6.92 Å². The average molecular weight is 256 g/mol. The first-order chi connectivity index (χ1) is 5.61. The number of hydrogen-bond acceptors (Lipinski definition) is 5. The molecule has 0 saturated carbocycles. The molecule has 0 heterocycles. The van der Waals surface area contributed by atoms with Gasteiger partial charge in [-0.3, -0.25) is 0 Å². The van der Waals surface area contributed by atoms with Gasteiger partial charge in [0.2, 0.25) is 0 Å². The van der Waals surface area contributed by atoms with E-state index >= 15 is 0 Å². The summed E-state index contributed by atoms with van der Waals surface area (Å²) in [5.74, 6) is -0.0463. The molecule has 0 radical (unpaired) electrons. The van der Waals surface area contributed by atoms with Crippen molar-refractivity contribution in [1.29, 1.82) is 0 Å². The molecule has 70 valence electrons. The summed E-state index contributed by atoms with van der Waals surface area (Å²) in [5.41, 5.74) is 0. The first-order valence-corrected chi connectivity index (χ1v) is 5.58. The van der Waals surface area contributed by atoms with Crippen molar-refractivity contribution in [2.45, 2.75) is 13.0 Å². The predicted molar refractivity (Wildman–Crippen MR) is 49.2 cm³/mol. The van der Waals surface area contributed by atoms with Crippen molar-refractivity contribution in [2.75, 3.05) is 12.9 Å². The Morgan fingerprint density at radius 3 is 2.58 bits per heavy atom. The van der Waals surface area contributed by atoms with E-state index in [4.69, 9.17) is 0 Å². The van der Waals surface area contributed by atoms with Crippen LogP contribution in [0.25, 0.3) is 0 Å². The van der Waals surface area contributed by atoms with Crippen LogP contribution in [0.4, 0.5) is 0 Å². The molecule has 0 aliphatic carbocycles. The normalized spacial score (nSPS) is 12.2. The Bertz CT molecular complexity index is 176. The number of nitrogens with one attached hydrogen (secondary N) is 1. The molecule has 0 saturated heterocycles. The summed E-state index contributed by atoms with van der Waals surface area (Å²) in [7, 11) is 1.31. The summed E-state index contributed by atoms with van der Waals surface area (Å²) < 4.78 is 7.31. The van der Waals surface area contributed by atoms with Gasteiger partial charge in [-0.25, -0.2) is 0 Å². The average Bonchev–Trinajstić information content (AvgIpc) is 2.04. The van der Waals surface area contributed by atoms with Crippen LogP contribution >= 0.6 is 12.6 Å². The number of rotatable bonds is 5. The third-order valence-corrected chi connectivity index (χ3v) is 2.83. The number of esters is 1. The minimum atomic E-state index is -0.470. The van der Waals surface area contributed by atoms with Crippen LogP contribution in [-0.2, 0) is 14.3 Å². The van der Waals surface area contributed by atoms with Crippen molar-refractivity contribution in [2.24, 2.45) is 0 Å². The van der Waals surface area contributed by atoms with E-state index in [0.717, 1.165) is 0 Å². The Morgan fingerprint density at radius 1 is 1.67 bits per heavy atom. The maximum absolute atomic E-state index is 10.9. The van der Waals surface area contributed by atoms with Crippen molar-refractivity contribution in [3.8, 4) is 0 Å². The quantitative estimate of drug-likeness (QED) is 0.385. The second-order valence-corrected chi connectivity index (χ2v) is 4.46. The van der Waals surface area contributed by atoms with Crippen LogP contribution in [0.3, 0.4) is 0 Å². The van der Waals surface area contributed by atoms with Crippen molar-refractivity contribution in [3.05, 3.63) is 0 Å². The fraction of sp³-hybridized carbons (Fsp3) is 0.667. The van der Waals surface area contributed by atoms with Gasteiger partial charge in [-0.05, 0) is 0 Å². The molecule has 0 amide bonds. The predicted octanol–water partition coefficient (Wildman–Crippen LogP) is -0.787. The second-order valence-electron chi connectivity index (χ2n) is 1.97. The zero-order chi connectivity index (χ0) is 9.56. The zero-order valence-corrected chi connectivity index (χ0v) is 9.47. The van der Waals surface area contributed by atoms with E-state index in [0.29, 0.717) is 5.75 Å². The summed E-state index contributed by atoms with van der Waals surface area (Å²) in [6, 6.07) is -0.470. The Balaban J connectivity index is 3.83. The number of methoxy groups -OCH3 is 1. The van der Waals surface area contributed by atoms with E-state index in [2.05, 4.69) is 21.7 Å². The van der Waals surface area contributed by atoms with Gasteiger partial charge in [0.1, 0.15) is 0 Å². The topological polar surface area (TPSA) is 55.4 Å². The van der Waals surface area contributed by atoms with Gasteiger partial charge in [-0.1, -0.05) is 0 Å². The Kier molecular flexibility index (Phi) is 6.47. The van der Waals surface area contributed by atoms with Gasteiger partial charge >= 0.3 is 82.9 Å². The van der Waals surface area contributed by atoms with Gasteiger partial charge in [0.05, 0.1) is 0 Å². The summed E-state index contributed by atoms with van der Waals surface area (Å²) >= 11 is 3.59. The molecule has 0 aromatic carbocycles. The second kappa shape index (κ2) is 6.48. The van der Waals surface area contributed by atoms with Crippen LogP contribution in [0.5, 0.6) is 0 Å². The number of carbonyl (C=O) groups is 2. The van der Waals surface area contributed by atoms with Crippen LogP contribution in [0.2, 0.25) is 0 Å². The fourth-order valence-electron chi connectivity index (χ4n) is 0.456. The number of hydrogen-bond donors (Lipinski definition) is 2. The first-order valence-electron chi connectivity index (χ1n) is 3.23. The van der Waals surface area contributed by atoms with E-state index in [-0.39, 0.29) is 25.8 Å².